The van der Waals surface area contributed by atoms with E-state index in [-0.39, 0.29) is 9.92 Å². The van der Waals surface area contributed by atoms with Crippen LogP contribution in [0.1, 0.15) is 12.5 Å². The fraction of sp³-hybridized carbons (Fsp3) is 0.143. The molecule has 0 unspecified atom stereocenters. The highest BCUT2D eigenvalue weighted by Crippen LogP contribution is 2.32. The minimum atomic E-state index is -3.79. The van der Waals surface area contributed by atoms with Crippen LogP contribution in [0, 0.1) is 0 Å². The summed E-state index contributed by atoms with van der Waals surface area (Å²) in [4.78, 5) is -0.0566. The Hall–Kier alpha value is -1.23. The number of benzene rings is 2. The first kappa shape index (κ1) is 15.2. The fourth-order valence-electron chi connectivity index (χ4n) is 1.67. The average molecular weight is 331 g/mol. The van der Waals surface area contributed by atoms with E-state index in [9.17, 15) is 8.42 Å². The fourth-order valence-corrected chi connectivity index (χ4v) is 2.73. The Morgan fingerprint density at radius 1 is 1.15 bits per heavy atom. The van der Waals surface area contributed by atoms with Crippen LogP contribution in [0.15, 0.2) is 47.4 Å². The highest BCUT2D eigenvalue weighted by atomic mass is 35.7. The van der Waals surface area contributed by atoms with Crippen LogP contribution in [0.2, 0.25) is 5.02 Å². The molecule has 0 aromatic heterocycles. The third-order valence-corrected chi connectivity index (χ3v) is 4.37. The summed E-state index contributed by atoms with van der Waals surface area (Å²) in [6.07, 6.45) is 0.897. The van der Waals surface area contributed by atoms with Crippen molar-refractivity contribution in [2.75, 3.05) is 0 Å². The molecule has 0 atom stereocenters. The van der Waals surface area contributed by atoms with Crippen molar-refractivity contribution in [1.82, 2.24) is 0 Å². The Labute approximate surface area is 127 Å². The second kappa shape index (κ2) is 6.04. The highest BCUT2D eigenvalue weighted by molar-refractivity contribution is 8.13. The van der Waals surface area contributed by atoms with Crippen LogP contribution in [0.3, 0.4) is 0 Å². The molecular formula is C14H12Cl2O3S. The van der Waals surface area contributed by atoms with E-state index in [2.05, 4.69) is 0 Å². The van der Waals surface area contributed by atoms with Crippen molar-refractivity contribution in [2.24, 2.45) is 0 Å². The Kier molecular flexibility index (Phi) is 4.58. The number of hydrogen-bond donors (Lipinski definition) is 0. The molecule has 0 spiro atoms. The SMILES string of the molecule is CCc1cccc(Oc2ccc(S(=O)(=O)Cl)cc2Cl)c1. The van der Waals surface area contributed by atoms with Gasteiger partial charge in [-0.3, -0.25) is 0 Å². The maximum Gasteiger partial charge on any atom is 0.261 e. The molecule has 0 N–H and O–H groups in total. The Bertz CT molecular complexity index is 727. The summed E-state index contributed by atoms with van der Waals surface area (Å²) in [5.41, 5.74) is 1.14. The van der Waals surface area contributed by atoms with E-state index in [1.165, 1.54) is 18.2 Å². The van der Waals surface area contributed by atoms with E-state index in [1.54, 1.807) is 0 Å². The van der Waals surface area contributed by atoms with Crippen LogP contribution in [0.5, 0.6) is 11.5 Å². The maximum absolute atomic E-state index is 11.2. The predicted molar refractivity (Wildman–Crippen MR) is 80.4 cm³/mol. The third kappa shape index (κ3) is 3.66. The molecule has 0 aliphatic heterocycles. The zero-order valence-corrected chi connectivity index (χ0v) is 13.0. The first-order valence-electron chi connectivity index (χ1n) is 5.91. The summed E-state index contributed by atoms with van der Waals surface area (Å²) in [5, 5.41) is 0.189. The highest BCUT2D eigenvalue weighted by Gasteiger charge is 2.13. The van der Waals surface area contributed by atoms with Gasteiger partial charge in [0.2, 0.25) is 0 Å². The van der Waals surface area contributed by atoms with Gasteiger partial charge in [0.1, 0.15) is 11.5 Å². The standard InChI is InChI=1S/C14H12Cl2O3S/c1-2-10-4-3-5-11(8-10)19-14-7-6-12(9-13(14)15)20(16,17)18/h3-9H,2H2,1H3. The van der Waals surface area contributed by atoms with Gasteiger partial charge in [0, 0.05) is 10.7 Å². The van der Waals surface area contributed by atoms with E-state index in [0.717, 1.165) is 12.0 Å². The van der Waals surface area contributed by atoms with E-state index in [1.807, 2.05) is 31.2 Å². The second-order valence-corrected chi connectivity index (χ2v) is 7.11. The molecule has 0 aliphatic rings. The number of halogens is 2. The van der Waals surface area contributed by atoms with Gasteiger partial charge in [-0.05, 0) is 42.3 Å². The summed E-state index contributed by atoms with van der Waals surface area (Å²) in [7, 11) is 1.46. The molecule has 3 nitrogen and oxygen atoms in total. The monoisotopic (exact) mass is 330 g/mol. The Balaban J connectivity index is 2.30. The molecule has 2 rings (SSSR count). The van der Waals surface area contributed by atoms with Crippen LogP contribution in [-0.2, 0) is 15.5 Å². The summed E-state index contributed by atoms with van der Waals surface area (Å²) >= 11 is 6.01. The maximum atomic E-state index is 11.2. The Morgan fingerprint density at radius 2 is 1.90 bits per heavy atom. The molecular weight excluding hydrogens is 319 g/mol. The summed E-state index contributed by atoms with van der Waals surface area (Å²) < 4.78 is 28.1. The van der Waals surface area contributed by atoms with Crippen molar-refractivity contribution in [1.29, 1.82) is 0 Å². The molecule has 2 aromatic carbocycles. The molecule has 6 heteroatoms. The lowest BCUT2D eigenvalue weighted by Gasteiger charge is -2.09. The van der Waals surface area contributed by atoms with Gasteiger partial charge in [0.05, 0.1) is 9.92 Å². The number of aryl methyl sites for hydroxylation is 1. The lowest BCUT2D eigenvalue weighted by atomic mass is 10.2. The molecule has 106 valence electrons. The molecule has 0 fully saturated rings. The molecule has 20 heavy (non-hydrogen) atoms. The van der Waals surface area contributed by atoms with Gasteiger partial charge < -0.3 is 4.74 Å². The molecule has 0 heterocycles. The van der Waals surface area contributed by atoms with Gasteiger partial charge in [-0.2, -0.15) is 0 Å². The van der Waals surface area contributed by atoms with Crippen molar-refractivity contribution in [3.8, 4) is 11.5 Å². The average Bonchev–Trinajstić information content (AvgIpc) is 2.40. The first-order chi connectivity index (χ1) is 9.40. The molecule has 0 aliphatic carbocycles. The lowest BCUT2D eigenvalue weighted by Crippen LogP contribution is -1.92. The van der Waals surface area contributed by atoms with Crippen LogP contribution in [0.4, 0.5) is 0 Å². The van der Waals surface area contributed by atoms with Gasteiger partial charge in [-0.25, -0.2) is 8.42 Å². The van der Waals surface area contributed by atoms with Gasteiger partial charge in [-0.1, -0.05) is 30.7 Å². The smallest absolute Gasteiger partial charge is 0.261 e. The minimum absolute atomic E-state index is 0.0566. The van der Waals surface area contributed by atoms with Crippen molar-refractivity contribution in [3.05, 3.63) is 53.1 Å². The van der Waals surface area contributed by atoms with Gasteiger partial charge in [-0.15, -0.1) is 0 Å². The number of ether oxygens (including phenoxy) is 1. The number of rotatable bonds is 4. The van der Waals surface area contributed by atoms with Gasteiger partial charge >= 0.3 is 0 Å². The zero-order valence-electron chi connectivity index (χ0n) is 10.6. The summed E-state index contributed by atoms with van der Waals surface area (Å²) in [5.74, 6) is 1.02. The second-order valence-electron chi connectivity index (χ2n) is 4.13. The third-order valence-electron chi connectivity index (χ3n) is 2.72. The van der Waals surface area contributed by atoms with Crippen molar-refractivity contribution in [3.63, 3.8) is 0 Å². The van der Waals surface area contributed by atoms with Gasteiger partial charge in [0.15, 0.2) is 0 Å². The van der Waals surface area contributed by atoms with Crippen molar-refractivity contribution in [2.45, 2.75) is 18.2 Å². The first-order valence-corrected chi connectivity index (χ1v) is 8.60. The largest absolute Gasteiger partial charge is 0.456 e. The van der Waals surface area contributed by atoms with Crippen molar-refractivity contribution >= 4 is 31.3 Å². The molecule has 0 saturated carbocycles. The van der Waals surface area contributed by atoms with Gasteiger partial charge in [0.25, 0.3) is 9.05 Å². The molecule has 0 bridgehead atoms. The molecule has 0 amide bonds. The quantitative estimate of drug-likeness (QED) is 0.768. The molecule has 0 radical (unpaired) electrons. The number of hydrogen-bond acceptors (Lipinski definition) is 3. The normalized spacial score (nSPS) is 11.3. The minimum Gasteiger partial charge on any atom is -0.456 e. The topological polar surface area (TPSA) is 43.4 Å². The van der Waals surface area contributed by atoms with E-state index in [0.29, 0.717) is 11.5 Å². The Morgan fingerprint density at radius 3 is 2.50 bits per heavy atom. The van der Waals surface area contributed by atoms with E-state index in [4.69, 9.17) is 27.0 Å². The summed E-state index contributed by atoms with van der Waals surface area (Å²) in [6, 6.07) is 11.7. The van der Waals surface area contributed by atoms with Crippen LogP contribution in [0.25, 0.3) is 0 Å². The summed E-state index contributed by atoms with van der Waals surface area (Å²) in [6.45, 7) is 2.05. The molecule has 2 aromatic rings. The van der Waals surface area contributed by atoms with E-state index >= 15 is 0 Å². The van der Waals surface area contributed by atoms with E-state index < -0.39 is 9.05 Å². The molecule has 0 saturated heterocycles. The van der Waals surface area contributed by atoms with Crippen LogP contribution in [-0.4, -0.2) is 8.42 Å². The van der Waals surface area contributed by atoms with Crippen molar-refractivity contribution < 1.29 is 13.2 Å². The lowest BCUT2D eigenvalue weighted by molar-refractivity contribution is 0.482. The van der Waals surface area contributed by atoms with Crippen LogP contribution >= 0.6 is 22.3 Å². The van der Waals surface area contributed by atoms with Crippen LogP contribution < -0.4 is 4.74 Å². The zero-order chi connectivity index (χ0) is 14.8. The predicted octanol–water partition coefficient (Wildman–Crippen LogP) is 4.62.